The molecule has 2 atom stereocenters. The molecule has 7 rings (SSSR count). The van der Waals surface area contributed by atoms with E-state index >= 15 is 0 Å². The van der Waals surface area contributed by atoms with Gasteiger partial charge in [0.05, 0.1) is 11.2 Å². The Labute approximate surface area is 198 Å². The molecule has 2 aliphatic heterocycles. The highest BCUT2D eigenvalue weighted by Crippen LogP contribution is 2.57. The Balaban J connectivity index is 1.28. The molecule has 0 spiro atoms. The summed E-state index contributed by atoms with van der Waals surface area (Å²) in [6, 6.07) is 19.7. The number of hydrogen-bond donors (Lipinski definition) is 1. The van der Waals surface area contributed by atoms with Gasteiger partial charge in [-0.2, -0.15) is 0 Å². The lowest BCUT2D eigenvalue weighted by Crippen LogP contribution is -2.29. The number of H-pyrrole nitrogens is 1. The highest BCUT2D eigenvalue weighted by Gasteiger charge is 2.46. The predicted octanol–water partition coefficient (Wildman–Crippen LogP) is 6.41. The van der Waals surface area contributed by atoms with Crippen molar-refractivity contribution >= 4 is 22.2 Å². The Morgan fingerprint density at radius 3 is 2.29 bits per heavy atom. The molecule has 4 aromatic rings. The molecule has 2 unspecified atom stereocenters. The number of aromatic nitrogens is 2. The van der Waals surface area contributed by atoms with Crippen LogP contribution in [0.5, 0.6) is 0 Å². The van der Waals surface area contributed by atoms with Crippen molar-refractivity contribution in [3.63, 3.8) is 0 Å². The molecule has 0 radical (unpaired) electrons. The largest absolute Gasteiger partial charge is 0.364 e. The number of nitrogens with zero attached hydrogens (tertiary/aromatic N) is 2. The monoisotopic (exact) mass is 443 g/mol. The topological polar surface area (TPSA) is 44.5 Å². The second-order valence-corrected chi connectivity index (χ2v) is 9.27. The molecule has 4 heteroatoms. The molecule has 2 fully saturated rings. The first-order valence-corrected chi connectivity index (χ1v) is 12.0. The van der Waals surface area contributed by atoms with Crippen molar-refractivity contribution in [2.45, 2.75) is 25.0 Å². The molecule has 2 aromatic heterocycles. The zero-order valence-electron chi connectivity index (χ0n) is 18.9. The first-order valence-electron chi connectivity index (χ1n) is 12.0. The summed E-state index contributed by atoms with van der Waals surface area (Å²) in [6.07, 6.45) is 8.15. The van der Waals surface area contributed by atoms with E-state index in [-0.39, 0.29) is 12.2 Å². The summed E-state index contributed by atoms with van der Waals surface area (Å²) in [5.41, 5.74) is 14.7. The Morgan fingerprint density at radius 2 is 1.62 bits per heavy atom. The fraction of sp³-hybridized carbons (Fsp3) is 0.200. The van der Waals surface area contributed by atoms with Gasteiger partial charge < -0.3 is 14.6 Å². The van der Waals surface area contributed by atoms with Gasteiger partial charge in [0.15, 0.2) is 0 Å². The molecule has 166 valence electrons. The van der Waals surface area contributed by atoms with Gasteiger partial charge in [0, 0.05) is 42.6 Å². The fourth-order valence-corrected chi connectivity index (χ4v) is 5.84. The molecule has 1 aliphatic carbocycles. The van der Waals surface area contributed by atoms with Crippen molar-refractivity contribution in [1.82, 2.24) is 14.9 Å². The van der Waals surface area contributed by atoms with Crippen LogP contribution in [-0.4, -0.2) is 28.0 Å². The van der Waals surface area contributed by atoms with Crippen LogP contribution in [0.4, 0.5) is 0 Å². The van der Waals surface area contributed by atoms with Gasteiger partial charge >= 0.3 is 0 Å². The van der Waals surface area contributed by atoms with E-state index in [9.17, 15) is 0 Å². The van der Waals surface area contributed by atoms with Gasteiger partial charge in [0.2, 0.25) is 0 Å². The van der Waals surface area contributed by atoms with E-state index in [1.54, 1.807) is 0 Å². The zero-order chi connectivity index (χ0) is 22.6. The van der Waals surface area contributed by atoms with Gasteiger partial charge in [0.25, 0.3) is 0 Å². The molecule has 0 amide bonds. The molecule has 4 heterocycles. The highest BCUT2D eigenvalue weighted by atomic mass is 16.6. The lowest BCUT2D eigenvalue weighted by molar-refractivity contribution is 0.369. The molecule has 0 saturated carbocycles. The molecule has 34 heavy (non-hydrogen) atoms. The van der Waals surface area contributed by atoms with Crippen LogP contribution in [0.25, 0.3) is 22.2 Å². The number of piperidine rings is 1. The third kappa shape index (κ3) is 2.93. The van der Waals surface area contributed by atoms with Crippen molar-refractivity contribution in [3.8, 4) is 0 Å². The van der Waals surface area contributed by atoms with E-state index in [2.05, 4.69) is 81.8 Å². The molecular formula is C30H25N3O. The first-order chi connectivity index (χ1) is 16.8. The zero-order valence-corrected chi connectivity index (χ0v) is 18.9. The van der Waals surface area contributed by atoms with Crippen LogP contribution < -0.4 is 0 Å². The van der Waals surface area contributed by atoms with Crippen LogP contribution in [0.15, 0.2) is 91.1 Å². The summed E-state index contributed by atoms with van der Waals surface area (Å²) < 4.78 is 6.13. The second-order valence-electron chi connectivity index (χ2n) is 9.27. The van der Waals surface area contributed by atoms with Crippen LogP contribution in [-0.2, 0) is 4.74 Å². The Bertz CT molecular complexity index is 1460. The lowest BCUT2D eigenvalue weighted by atomic mass is 9.86. The number of epoxide rings is 1. The van der Waals surface area contributed by atoms with Gasteiger partial charge in [-0.1, -0.05) is 60.7 Å². The molecule has 3 aliphatic rings. The van der Waals surface area contributed by atoms with Gasteiger partial charge in [-0.15, -0.1) is 5.73 Å². The first kappa shape index (κ1) is 19.6. The standard InChI is InChI=1S/C30H25N3O/c1-2-26(25-18-31-17-20-11-14-32-28(20)25)33-15-12-19(13-16-33)27-21-7-3-5-9-23(21)29-30(34-29)24-10-6-4-8-22(24)27/h3-11,14,17-18,29-30,32H,1,12-13,15-16H2. The number of benzene rings is 2. The maximum absolute atomic E-state index is 6.13. The average Bonchev–Trinajstić information content (AvgIpc) is 3.55. The summed E-state index contributed by atoms with van der Waals surface area (Å²) in [5.74, 6) is 0. The Hall–Kier alpha value is -3.85. The number of ether oxygens (including phenoxy) is 1. The van der Waals surface area contributed by atoms with Gasteiger partial charge in [-0.3, -0.25) is 4.98 Å². The van der Waals surface area contributed by atoms with E-state index in [0.717, 1.165) is 48.1 Å². The molecular weight excluding hydrogens is 418 g/mol. The van der Waals surface area contributed by atoms with E-state index in [0.29, 0.717) is 0 Å². The summed E-state index contributed by atoms with van der Waals surface area (Å²) in [5, 5.41) is 1.11. The van der Waals surface area contributed by atoms with Gasteiger partial charge in [0.1, 0.15) is 12.2 Å². The second kappa shape index (κ2) is 7.59. The number of aromatic amines is 1. The van der Waals surface area contributed by atoms with E-state index in [4.69, 9.17) is 4.74 Å². The van der Waals surface area contributed by atoms with Crippen LogP contribution >= 0.6 is 0 Å². The van der Waals surface area contributed by atoms with Crippen LogP contribution in [0.2, 0.25) is 0 Å². The van der Waals surface area contributed by atoms with Gasteiger partial charge in [-0.25, -0.2) is 0 Å². The Kier molecular flexibility index (Phi) is 4.38. The molecule has 2 aromatic carbocycles. The maximum Gasteiger partial charge on any atom is 0.114 e. The number of pyridine rings is 1. The quantitative estimate of drug-likeness (QED) is 0.287. The highest BCUT2D eigenvalue weighted by molar-refractivity contribution is 5.90. The van der Waals surface area contributed by atoms with Crippen LogP contribution in [0.3, 0.4) is 0 Å². The van der Waals surface area contributed by atoms with E-state index < -0.39 is 0 Å². The van der Waals surface area contributed by atoms with E-state index in [1.165, 1.54) is 33.4 Å². The van der Waals surface area contributed by atoms with Crippen LogP contribution in [0, 0.1) is 0 Å². The molecule has 0 bridgehead atoms. The third-order valence-electron chi connectivity index (χ3n) is 7.49. The summed E-state index contributed by atoms with van der Waals surface area (Å²) in [7, 11) is 0. The maximum atomic E-state index is 6.13. The number of hydrogen-bond acceptors (Lipinski definition) is 3. The van der Waals surface area contributed by atoms with Crippen molar-refractivity contribution < 1.29 is 4.74 Å². The Morgan fingerprint density at radius 1 is 0.941 bits per heavy atom. The third-order valence-corrected chi connectivity index (χ3v) is 7.49. The SMILES string of the molecule is C=C=C(c1cncc2cc[nH]c12)N1CCC(=C2c3ccccc3C3OC3c3ccccc32)CC1. The minimum Gasteiger partial charge on any atom is -0.364 e. The number of fused-ring (bicyclic) bond motifs is 6. The fourth-order valence-electron chi connectivity index (χ4n) is 5.84. The minimum atomic E-state index is 0.180. The number of nitrogens with one attached hydrogen (secondary N) is 1. The number of rotatable bonds is 2. The van der Waals surface area contributed by atoms with Crippen molar-refractivity contribution in [1.29, 1.82) is 0 Å². The normalized spacial score (nSPS) is 20.8. The van der Waals surface area contributed by atoms with Crippen LogP contribution in [0.1, 0.15) is 52.9 Å². The summed E-state index contributed by atoms with van der Waals surface area (Å²) in [6.45, 7) is 5.89. The van der Waals surface area contributed by atoms with Crippen molar-refractivity contribution in [2.75, 3.05) is 13.1 Å². The predicted molar refractivity (Wildman–Crippen MR) is 135 cm³/mol. The smallest absolute Gasteiger partial charge is 0.114 e. The van der Waals surface area contributed by atoms with Gasteiger partial charge in [-0.05, 0) is 46.7 Å². The summed E-state index contributed by atoms with van der Waals surface area (Å²) in [4.78, 5) is 10.2. The number of likely N-dealkylation sites (tertiary alicyclic amines) is 1. The summed E-state index contributed by atoms with van der Waals surface area (Å²) >= 11 is 0. The van der Waals surface area contributed by atoms with Crippen molar-refractivity contribution in [2.24, 2.45) is 0 Å². The minimum absolute atomic E-state index is 0.180. The van der Waals surface area contributed by atoms with Crippen molar-refractivity contribution in [3.05, 3.63) is 119 Å². The average molecular weight is 444 g/mol. The van der Waals surface area contributed by atoms with E-state index in [1.807, 2.05) is 18.6 Å². The molecule has 4 nitrogen and oxygen atoms in total. The molecule has 2 saturated heterocycles. The molecule has 1 N–H and O–H groups in total. The lowest BCUT2D eigenvalue weighted by Gasteiger charge is -2.33.